The Bertz CT molecular complexity index is 890. The first-order chi connectivity index (χ1) is 11.9. The average Bonchev–Trinajstić information content (AvgIpc) is 3.14. The fraction of sp³-hybridized carbons (Fsp3) is 0.632. The van der Waals surface area contributed by atoms with Gasteiger partial charge in [-0.1, -0.05) is 6.07 Å². The summed E-state index contributed by atoms with van der Waals surface area (Å²) in [6.45, 7) is 3.96. The maximum atomic E-state index is 13.0. The highest BCUT2D eigenvalue weighted by Crippen LogP contribution is 2.61. The predicted octanol–water partition coefficient (Wildman–Crippen LogP) is 4.27. The molecular formula is C19H24N2O2S2. The second kappa shape index (κ2) is 5.19. The molecule has 0 N–H and O–H groups in total. The van der Waals surface area contributed by atoms with Crippen LogP contribution in [0.25, 0.3) is 0 Å². The van der Waals surface area contributed by atoms with E-state index in [0.29, 0.717) is 4.21 Å². The third-order valence-corrected chi connectivity index (χ3v) is 9.83. The lowest BCUT2D eigenvalue weighted by molar-refractivity contribution is -0.00574. The maximum absolute atomic E-state index is 13.0. The molecule has 4 bridgehead atoms. The summed E-state index contributed by atoms with van der Waals surface area (Å²) >= 11 is 1.26. The Balaban J connectivity index is 1.64. The fourth-order valence-electron chi connectivity index (χ4n) is 6.53. The summed E-state index contributed by atoms with van der Waals surface area (Å²) in [5.74, 6) is 2.51. The van der Waals surface area contributed by atoms with E-state index in [0.717, 1.165) is 29.1 Å². The van der Waals surface area contributed by atoms with E-state index >= 15 is 0 Å². The van der Waals surface area contributed by atoms with Crippen molar-refractivity contribution in [1.82, 2.24) is 9.19 Å². The zero-order valence-electron chi connectivity index (χ0n) is 14.7. The minimum absolute atomic E-state index is 0.173. The zero-order valence-corrected chi connectivity index (χ0v) is 16.4. The molecule has 0 spiro atoms. The van der Waals surface area contributed by atoms with Gasteiger partial charge in [-0.05, 0) is 87.0 Å². The molecular weight excluding hydrogens is 352 g/mol. The Morgan fingerprint density at radius 3 is 2.24 bits per heavy atom. The standard InChI is InChI=1S/C19H24N2O2S2/c1-12-18(19-9-14-6-15(10-19)8-16(7-14)11-19)13(2)21(20-12)25(22,23)17-4-3-5-24-17/h3-5,14-16H,6-11H2,1-2H3. The molecule has 4 aliphatic carbocycles. The zero-order chi connectivity index (χ0) is 17.4. The van der Waals surface area contributed by atoms with Crippen LogP contribution in [-0.4, -0.2) is 17.6 Å². The van der Waals surface area contributed by atoms with E-state index in [-0.39, 0.29) is 5.41 Å². The molecule has 0 radical (unpaired) electrons. The van der Waals surface area contributed by atoms with Crippen LogP contribution in [0.15, 0.2) is 21.7 Å². The van der Waals surface area contributed by atoms with E-state index in [9.17, 15) is 8.42 Å². The molecule has 25 heavy (non-hydrogen) atoms. The molecule has 4 aliphatic rings. The van der Waals surface area contributed by atoms with E-state index < -0.39 is 10.0 Å². The van der Waals surface area contributed by atoms with Gasteiger partial charge in [0, 0.05) is 5.56 Å². The van der Waals surface area contributed by atoms with Gasteiger partial charge in [0.05, 0.1) is 11.4 Å². The Labute approximate surface area is 153 Å². The van der Waals surface area contributed by atoms with E-state index in [4.69, 9.17) is 0 Å². The summed E-state index contributed by atoms with van der Waals surface area (Å²) in [5, 5.41) is 6.33. The Kier molecular flexibility index (Phi) is 3.34. The van der Waals surface area contributed by atoms with Gasteiger partial charge in [0.15, 0.2) is 0 Å². The van der Waals surface area contributed by atoms with Crippen LogP contribution in [0, 0.1) is 31.6 Å². The SMILES string of the molecule is Cc1nn(S(=O)(=O)c2cccs2)c(C)c1C12CC3CC(CC(C3)C1)C2. The van der Waals surface area contributed by atoms with Crippen molar-refractivity contribution in [3.05, 3.63) is 34.5 Å². The molecule has 0 atom stereocenters. The summed E-state index contributed by atoms with van der Waals surface area (Å²) in [7, 11) is -3.58. The molecule has 0 saturated heterocycles. The van der Waals surface area contributed by atoms with Gasteiger partial charge in [-0.2, -0.15) is 17.6 Å². The van der Waals surface area contributed by atoms with Gasteiger partial charge in [0.2, 0.25) is 0 Å². The number of rotatable bonds is 3. The van der Waals surface area contributed by atoms with Crippen LogP contribution in [0.4, 0.5) is 0 Å². The molecule has 0 aromatic carbocycles. The van der Waals surface area contributed by atoms with Crippen LogP contribution in [0.2, 0.25) is 0 Å². The smallest absolute Gasteiger partial charge is 0.198 e. The third kappa shape index (κ3) is 2.23. The molecule has 4 nitrogen and oxygen atoms in total. The second-order valence-electron chi connectivity index (χ2n) is 8.52. The van der Waals surface area contributed by atoms with Crippen molar-refractivity contribution in [2.45, 2.75) is 62.0 Å². The first-order valence-corrected chi connectivity index (χ1v) is 11.6. The van der Waals surface area contributed by atoms with Gasteiger partial charge in [-0.15, -0.1) is 11.3 Å². The molecule has 0 aliphatic heterocycles. The van der Waals surface area contributed by atoms with E-state index in [1.165, 1.54) is 59.5 Å². The van der Waals surface area contributed by atoms with Crippen molar-refractivity contribution >= 4 is 21.4 Å². The topological polar surface area (TPSA) is 52.0 Å². The van der Waals surface area contributed by atoms with Crippen molar-refractivity contribution in [1.29, 1.82) is 0 Å². The first kappa shape index (κ1) is 16.1. The van der Waals surface area contributed by atoms with E-state index in [2.05, 4.69) is 5.10 Å². The molecule has 0 unspecified atom stereocenters. The Hall–Kier alpha value is -1.14. The molecule has 6 rings (SSSR count). The molecule has 2 aromatic heterocycles. The second-order valence-corrected chi connectivity index (χ2v) is 11.5. The largest absolute Gasteiger partial charge is 0.292 e. The first-order valence-electron chi connectivity index (χ1n) is 9.25. The highest BCUT2D eigenvalue weighted by Gasteiger charge is 2.53. The number of aromatic nitrogens is 2. The summed E-state index contributed by atoms with van der Waals surface area (Å²) in [5.41, 5.74) is 3.17. The minimum Gasteiger partial charge on any atom is -0.198 e. The summed E-state index contributed by atoms with van der Waals surface area (Å²) < 4.78 is 27.7. The van der Waals surface area contributed by atoms with Gasteiger partial charge in [0.25, 0.3) is 10.0 Å². The Morgan fingerprint density at radius 2 is 1.72 bits per heavy atom. The number of nitrogens with zero attached hydrogens (tertiary/aromatic N) is 2. The van der Waals surface area contributed by atoms with Crippen molar-refractivity contribution in [3.8, 4) is 0 Å². The van der Waals surface area contributed by atoms with Gasteiger partial charge in [-0.3, -0.25) is 0 Å². The van der Waals surface area contributed by atoms with Crippen molar-refractivity contribution < 1.29 is 8.42 Å². The van der Waals surface area contributed by atoms with E-state index in [1.54, 1.807) is 17.5 Å². The number of aryl methyl sites for hydroxylation is 1. The lowest BCUT2D eigenvalue weighted by Gasteiger charge is -2.57. The lowest BCUT2D eigenvalue weighted by atomic mass is 9.48. The lowest BCUT2D eigenvalue weighted by Crippen LogP contribution is -2.49. The van der Waals surface area contributed by atoms with Gasteiger partial charge in [-0.25, -0.2) is 0 Å². The van der Waals surface area contributed by atoms with E-state index in [1.807, 2.05) is 13.8 Å². The third-order valence-electron chi connectivity index (χ3n) is 6.80. The molecule has 2 heterocycles. The predicted molar refractivity (Wildman–Crippen MR) is 98.5 cm³/mol. The number of thiophene rings is 1. The molecule has 2 aromatic rings. The monoisotopic (exact) mass is 376 g/mol. The Morgan fingerprint density at radius 1 is 1.12 bits per heavy atom. The van der Waals surface area contributed by atoms with Crippen LogP contribution in [0.1, 0.15) is 55.5 Å². The highest BCUT2D eigenvalue weighted by molar-refractivity contribution is 7.91. The number of hydrogen-bond donors (Lipinski definition) is 0. The maximum Gasteiger partial charge on any atom is 0.292 e. The summed E-state index contributed by atoms with van der Waals surface area (Å²) in [6.07, 6.45) is 7.85. The van der Waals surface area contributed by atoms with Gasteiger partial charge in [0.1, 0.15) is 4.21 Å². The molecule has 134 valence electrons. The molecule has 6 heteroatoms. The summed E-state index contributed by atoms with van der Waals surface area (Å²) in [4.78, 5) is 0. The minimum atomic E-state index is -3.58. The van der Waals surface area contributed by atoms with Crippen molar-refractivity contribution in [3.63, 3.8) is 0 Å². The van der Waals surface area contributed by atoms with Crippen LogP contribution < -0.4 is 0 Å². The van der Waals surface area contributed by atoms with Crippen molar-refractivity contribution in [2.24, 2.45) is 17.8 Å². The number of hydrogen-bond acceptors (Lipinski definition) is 4. The summed E-state index contributed by atoms with van der Waals surface area (Å²) in [6, 6.07) is 3.45. The normalized spacial score (nSPS) is 33.9. The van der Waals surface area contributed by atoms with Crippen LogP contribution >= 0.6 is 11.3 Å². The molecule has 4 fully saturated rings. The fourth-order valence-corrected chi connectivity index (χ4v) is 8.95. The van der Waals surface area contributed by atoms with Crippen molar-refractivity contribution in [2.75, 3.05) is 0 Å². The highest BCUT2D eigenvalue weighted by atomic mass is 32.2. The quantitative estimate of drug-likeness (QED) is 0.804. The van der Waals surface area contributed by atoms with Crippen LogP contribution in [0.3, 0.4) is 0 Å². The molecule has 0 amide bonds. The average molecular weight is 377 g/mol. The van der Waals surface area contributed by atoms with Crippen LogP contribution in [0.5, 0.6) is 0 Å². The molecule has 4 saturated carbocycles. The van der Waals surface area contributed by atoms with Gasteiger partial charge < -0.3 is 0 Å². The van der Waals surface area contributed by atoms with Crippen LogP contribution in [-0.2, 0) is 15.4 Å². The van der Waals surface area contributed by atoms with Gasteiger partial charge >= 0.3 is 0 Å².